The Morgan fingerprint density at radius 1 is 1.39 bits per heavy atom. The Morgan fingerprint density at radius 2 is 2.06 bits per heavy atom. The van der Waals surface area contributed by atoms with E-state index in [-0.39, 0.29) is 5.56 Å². The molecule has 4 nitrogen and oxygen atoms in total. The summed E-state index contributed by atoms with van der Waals surface area (Å²) in [5.74, 6) is -1.70. The number of nitrogens with zero attached hydrogens (tertiary/aromatic N) is 1. The summed E-state index contributed by atoms with van der Waals surface area (Å²) in [6.07, 6.45) is 0.406. The molecule has 1 N–H and O–H groups in total. The summed E-state index contributed by atoms with van der Waals surface area (Å²) in [4.78, 5) is 23.4. The molecule has 0 aliphatic carbocycles. The van der Waals surface area contributed by atoms with Crippen molar-refractivity contribution < 1.29 is 9.90 Å². The van der Waals surface area contributed by atoms with Crippen LogP contribution in [0.1, 0.15) is 24.8 Å². The number of carbonyl (C=O) groups is 1. The van der Waals surface area contributed by atoms with E-state index in [1.54, 1.807) is 20.0 Å². The lowest BCUT2D eigenvalue weighted by atomic mass is 9.96. The molecule has 0 fully saturated rings. The van der Waals surface area contributed by atoms with Crippen LogP contribution in [0, 0.1) is 0 Å². The predicted molar refractivity (Wildman–Crippen MR) is 69.9 cm³/mol. The molecule has 0 aliphatic heterocycles. The molecule has 0 radical (unpaired) electrons. The summed E-state index contributed by atoms with van der Waals surface area (Å²) in [5, 5.41) is 10.0. The number of aliphatic carboxylic acids is 1. The number of aromatic nitrogens is 1. The van der Waals surface area contributed by atoms with Gasteiger partial charge in [-0.2, -0.15) is 0 Å². The van der Waals surface area contributed by atoms with Crippen LogP contribution in [0.4, 0.5) is 0 Å². The molecule has 1 unspecified atom stereocenters. The topological polar surface area (TPSA) is 59.3 Å². The molecule has 0 saturated carbocycles. The molecule has 1 aromatic carbocycles. The van der Waals surface area contributed by atoms with Crippen LogP contribution in [0.25, 0.3) is 10.9 Å². The molecule has 0 aliphatic rings. The van der Waals surface area contributed by atoms with Crippen LogP contribution >= 0.6 is 0 Å². The number of carboxylic acids is 1. The van der Waals surface area contributed by atoms with Gasteiger partial charge in [0.15, 0.2) is 0 Å². The van der Waals surface area contributed by atoms with Crippen LogP contribution in [0.2, 0.25) is 0 Å². The third kappa shape index (κ3) is 1.90. The van der Waals surface area contributed by atoms with Crippen molar-refractivity contribution in [2.45, 2.75) is 19.3 Å². The minimum atomic E-state index is -0.954. The zero-order chi connectivity index (χ0) is 13.3. The first-order valence-corrected chi connectivity index (χ1v) is 5.87. The summed E-state index contributed by atoms with van der Waals surface area (Å²) in [6, 6.07) is 9.16. The van der Waals surface area contributed by atoms with E-state index in [0.29, 0.717) is 12.0 Å². The molecule has 2 rings (SSSR count). The zero-order valence-electron chi connectivity index (χ0n) is 10.4. The summed E-state index contributed by atoms with van der Waals surface area (Å²) in [6.45, 7) is 1.77. The Hall–Kier alpha value is -2.10. The molecule has 4 heteroatoms. The van der Waals surface area contributed by atoms with Crippen molar-refractivity contribution in [1.82, 2.24) is 4.57 Å². The van der Waals surface area contributed by atoms with Gasteiger partial charge in [-0.3, -0.25) is 9.59 Å². The van der Waals surface area contributed by atoms with Crippen LogP contribution in [0.15, 0.2) is 35.1 Å². The standard InChI is InChI=1S/C14H15NO3/c1-3-10(14(17)18)11-8-9-6-4-5-7-12(9)15(2)13(11)16/h4-8,10H,3H2,1-2H3,(H,17,18). The van der Waals surface area contributed by atoms with Gasteiger partial charge in [-0.25, -0.2) is 0 Å². The average Bonchev–Trinajstić information content (AvgIpc) is 2.36. The summed E-state index contributed by atoms with van der Waals surface area (Å²) in [5.41, 5.74) is 0.931. The number of aryl methyl sites for hydroxylation is 1. The van der Waals surface area contributed by atoms with Gasteiger partial charge >= 0.3 is 5.97 Å². The van der Waals surface area contributed by atoms with Crippen molar-refractivity contribution in [1.29, 1.82) is 0 Å². The van der Waals surface area contributed by atoms with Crippen molar-refractivity contribution in [3.63, 3.8) is 0 Å². The average molecular weight is 245 g/mol. The van der Waals surface area contributed by atoms with Crippen molar-refractivity contribution in [2.24, 2.45) is 7.05 Å². The third-order valence-corrected chi connectivity index (χ3v) is 3.24. The zero-order valence-corrected chi connectivity index (χ0v) is 10.4. The Balaban J connectivity index is 2.76. The Bertz CT molecular complexity index is 658. The first kappa shape index (κ1) is 12.4. The van der Waals surface area contributed by atoms with Gasteiger partial charge < -0.3 is 9.67 Å². The summed E-state index contributed by atoms with van der Waals surface area (Å²) < 4.78 is 1.51. The SMILES string of the molecule is CCC(C(=O)O)c1cc2ccccc2n(C)c1=O. The van der Waals surface area contributed by atoms with Gasteiger partial charge in [0, 0.05) is 12.6 Å². The van der Waals surface area contributed by atoms with E-state index < -0.39 is 11.9 Å². The molecule has 0 bridgehead atoms. The van der Waals surface area contributed by atoms with Crippen molar-refractivity contribution >= 4 is 16.9 Å². The molecular formula is C14H15NO3. The third-order valence-electron chi connectivity index (χ3n) is 3.24. The van der Waals surface area contributed by atoms with Gasteiger partial charge in [0.1, 0.15) is 0 Å². The van der Waals surface area contributed by atoms with Gasteiger partial charge in [-0.1, -0.05) is 25.1 Å². The normalized spacial score (nSPS) is 12.6. The number of hydrogen-bond acceptors (Lipinski definition) is 2. The van der Waals surface area contributed by atoms with E-state index in [4.69, 9.17) is 5.11 Å². The molecule has 1 atom stereocenters. The molecule has 0 saturated heterocycles. The molecule has 94 valence electrons. The second-order valence-corrected chi connectivity index (χ2v) is 4.32. The highest BCUT2D eigenvalue weighted by atomic mass is 16.4. The van der Waals surface area contributed by atoms with E-state index in [1.165, 1.54) is 4.57 Å². The quantitative estimate of drug-likeness (QED) is 0.901. The van der Waals surface area contributed by atoms with E-state index in [2.05, 4.69) is 0 Å². The van der Waals surface area contributed by atoms with E-state index in [0.717, 1.165) is 10.9 Å². The van der Waals surface area contributed by atoms with Gasteiger partial charge in [0.25, 0.3) is 5.56 Å². The second-order valence-electron chi connectivity index (χ2n) is 4.32. The highest BCUT2D eigenvalue weighted by Crippen LogP contribution is 2.20. The first-order valence-electron chi connectivity index (χ1n) is 5.87. The fraction of sp³-hybridized carbons (Fsp3) is 0.286. The number of rotatable bonds is 3. The fourth-order valence-electron chi connectivity index (χ4n) is 2.22. The van der Waals surface area contributed by atoms with Crippen LogP contribution < -0.4 is 5.56 Å². The maximum absolute atomic E-state index is 12.2. The van der Waals surface area contributed by atoms with Crippen LogP contribution in [-0.4, -0.2) is 15.6 Å². The van der Waals surface area contributed by atoms with Crippen LogP contribution in [0.5, 0.6) is 0 Å². The Kier molecular flexibility index (Phi) is 3.19. The lowest BCUT2D eigenvalue weighted by Crippen LogP contribution is -2.26. The number of carboxylic acid groups (broad SMARTS) is 1. The molecule has 0 amide bonds. The van der Waals surface area contributed by atoms with Crippen LogP contribution in [0.3, 0.4) is 0 Å². The molecule has 18 heavy (non-hydrogen) atoms. The maximum atomic E-state index is 12.2. The molecule has 1 aromatic heterocycles. The minimum Gasteiger partial charge on any atom is -0.481 e. The number of pyridine rings is 1. The van der Waals surface area contributed by atoms with E-state index >= 15 is 0 Å². The summed E-state index contributed by atoms with van der Waals surface area (Å²) in [7, 11) is 1.67. The van der Waals surface area contributed by atoms with Gasteiger partial charge in [0.05, 0.1) is 11.4 Å². The van der Waals surface area contributed by atoms with Gasteiger partial charge in [-0.15, -0.1) is 0 Å². The smallest absolute Gasteiger partial charge is 0.311 e. The first-order chi connectivity index (χ1) is 8.56. The van der Waals surface area contributed by atoms with Gasteiger partial charge in [0.2, 0.25) is 0 Å². The largest absolute Gasteiger partial charge is 0.481 e. The van der Waals surface area contributed by atoms with E-state index in [1.807, 2.05) is 24.3 Å². The van der Waals surface area contributed by atoms with Crippen molar-refractivity contribution in [3.8, 4) is 0 Å². The lowest BCUT2D eigenvalue weighted by Gasteiger charge is -2.13. The number of hydrogen-bond donors (Lipinski definition) is 1. The highest BCUT2D eigenvalue weighted by Gasteiger charge is 2.22. The molecule has 2 aromatic rings. The number of fused-ring (bicyclic) bond motifs is 1. The van der Waals surface area contributed by atoms with Crippen molar-refractivity contribution in [3.05, 3.63) is 46.2 Å². The lowest BCUT2D eigenvalue weighted by molar-refractivity contribution is -0.138. The van der Waals surface area contributed by atoms with Gasteiger partial charge in [-0.05, 0) is 23.9 Å². The Labute approximate surface area is 104 Å². The highest BCUT2D eigenvalue weighted by molar-refractivity contribution is 5.82. The number of benzene rings is 1. The van der Waals surface area contributed by atoms with E-state index in [9.17, 15) is 9.59 Å². The molecule has 0 spiro atoms. The minimum absolute atomic E-state index is 0.233. The molecular weight excluding hydrogens is 230 g/mol. The van der Waals surface area contributed by atoms with Crippen LogP contribution in [-0.2, 0) is 11.8 Å². The van der Waals surface area contributed by atoms with Crippen molar-refractivity contribution in [2.75, 3.05) is 0 Å². The predicted octanol–water partition coefficient (Wildman–Crippen LogP) is 2.12. The molecule has 1 heterocycles. The Morgan fingerprint density at radius 3 is 2.67 bits per heavy atom. The monoisotopic (exact) mass is 245 g/mol. The summed E-state index contributed by atoms with van der Waals surface area (Å²) >= 11 is 0. The second kappa shape index (κ2) is 4.64. The fourth-order valence-corrected chi connectivity index (χ4v) is 2.22. The maximum Gasteiger partial charge on any atom is 0.311 e. The number of para-hydroxylation sites is 1.